The van der Waals surface area contributed by atoms with Gasteiger partial charge in [-0.2, -0.15) is 0 Å². The van der Waals surface area contributed by atoms with E-state index in [0.29, 0.717) is 284 Å². The summed E-state index contributed by atoms with van der Waals surface area (Å²) >= 11 is 0. The maximum Gasteiger partial charge on any atom is 0.308 e. The number of ether oxygens (including phenoxy) is 22. The third-order valence-electron chi connectivity index (χ3n) is 15.0. The topological polar surface area (TPSA) is 435 Å². The van der Waals surface area contributed by atoms with Gasteiger partial charge < -0.3 is 137 Å². The normalized spacial score (nSPS) is 16.6. The van der Waals surface area contributed by atoms with Crippen LogP contribution in [0.5, 0.6) is 0 Å². The van der Waals surface area contributed by atoms with E-state index in [1.54, 1.807) is 0 Å². The van der Waals surface area contributed by atoms with Crippen LogP contribution in [0.2, 0.25) is 0 Å². The molecule has 0 radical (unpaired) electrons. The van der Waals surface area contributed by atoms with Crippen molar-refractivity contribution in [1.29, 1.82) is 0 Å². The molecule has 36 nitrogen and oxygen atoms in total. The van der Waals surface area contributed by atoms with Crippen molar-refractivity contribution in [3.63, 3.8) is 0 Å². The molecule has 2 aliphatic carbocycles. The number of likely N-dealkylation sites (tertiary alicyclic amines) is 1. The summed E-state index contributed by atoms with van der Waals surface area (Å²) < 4.78 is 121. The lowest BCUT2D eigenvalue weighted by Gasteiger charge is -2.18. The minimum atomic E-state index is -1.25. The van der Waals surface area contributed by atoms with Crippen LogP contribution < -0.4 is 33.2 Å². The van der Waals surface area contributed by atoms with E-state index in [0.717, 1.165) is 13.5 Å². The van der Waals surface area contributed by atoms with E-state index in [9.17, 15) is 28.8 Å². The van der Waals surface area contributed by atoms with Gasteiger partial charge in [-0.25, -0.2) is 0 Å². The van der Waals surface area contributed by atoms with Crippen LogP contribution in [-0.4, -0.2) is 369 Å². The fraction of sp³-hybridized carbons (Fsp3) is 0.864. The van der Waals surface area contributed by atoms with Crippen molar-refractivity contribution in [3.05, 3.63) is 12.2 Å². The molecule has 0 aromatic heterocycles. The number of carbonyl (C=O) groups is 6. The lowest BCUT2D eigenvalue weighted by molar-refractivity contribution is -0.144. The van der Waals surface area contributed by atoms with Gasteiger partial charge in [0.25, 0.3) is 0 Å². The van der Waals surface area contributed by atoms with E-state index in [-0.39, 0.29) is 67.6 Å². The Labute approximate surface area is 600 Å². The van der Waals surface area contributed by atoms with Gasteiger partial charge in [-0.05, 0) is 31.1 Å². The Balaban J connectivity index is 0.880. The molecule has 0 spiro atoms. The van der Waals surface area contributed by atoms with Crippen molar-refractivity contribution in [2.45, 2.75) is 37.8 Å². The molecule has 3 rings (SSSR count). The zero-order valence-electron chi connectivity index (χ0n) is 60.0. The van der Waals surface area contributed by atoms with Gasteiger partial charge in [-0.3, -0.25) is 38.7 Å². The minimum Gasteiger partial charge on any atom is -0.469 e. The van der Waals surface area contributed by atoms with Crippen LogP contribution in [0.4, 0.5) is 0 Å². The number of amides is 5. The van der Waals surface area contributed by atoms with E-state index in [2.05, 4.69) is 37.8 Å². The molecule has 2 bridgehead atoms. The summed E-state index contributed by atoms with van der Waals surface area (Å²) in [5, 5.41) is 7.41. The molecule has 1 aliphatic heterocycles. The highest BCUT2D eigenvalue weighted by molar-refractivity contribution is 6.06. The van der Waals surface area contributed by atoms with E-state index < -0.39 is 48.7 Å². The number of hydrogen-bond donors (Lipinski definition) is 6. The molecule has 592 valence electrons. The maximum absolute atomic E-state index is 12.7. The van der Waals surface area contributed by atoms with Crippen LogP contribution in [0.3, 0.4) is 0 Å². The Hall–Kier alpha value is -4.85. The minimum absolute atomic E-state index is 0.0423. The second kappa shape index (κ2) is 65.7. The predicted octanol–water partition coefficient (Wildman–Crippen LogP) is -3.20. The van der Waals surface area contributed by atoms with Crippen molar-refractivity contribution >= 4 is 41.5 Å². The molecular weight excluding hydrogens is 1350 g/mol. The van der Waals surface area contributed by atoms with Gasteiger partial charge >= 0.3 is 5.97 Å². The lowest BCUT2D eigenvalue weighted by atomic mass is 9.85. The molecule has 6 unspecified atom stereocenters. The fourth-order valence-corrected chi connectivity index (χ4v) is 9.86. The Bertz CT molecular complexity index is 2140. The Kier molecular flexibility index (Phi) is 58.8. The van der Waals surface area contributed by atoms with Gasteiger partial charge in [0.15, 0.2) is 5.96 Å². The zero-order chi connectivity index (χ0) is 73.2. The Morgan fingerprint density at radius 1 is 0.431 bits per heavy atom. The van der Waals surface area contributed by atoms with Gasteiger partial charge in [0, 0.05) is 13.1 Å². The molecule has 5 amide bonds. The molecule has 102 heavy (non-hydrogen) atoms. The van der Waals surface area contributed by atoms with Gasteiger partial charge in [0.2, 0.25) is 29.5 Å². The van der Waals surface area contributed by atoms with Crippen LogP contribution in [0.15, 0.2) is 17.1 Å². The quantitative estimate of drug-likeness (QED) is 0.00872. The average Bonchev–Trinajstić information content (AvgIpc) is 1.58. The molecule has 3 aliphatic rings. The number of hydrogen-bond acceptors (Lipinski definition) is 30. The second-order valence-corrected chi connectivity index (χ2v) is 22.7. The number of allylic oxidation sites excluding steroid dienone is 2. The summed E-state index contributed by atoms with van der Waals surface area (Å²) in [6.07, 6.45) is 5.43. The van der Waals surface area contributed by atoms with E-state index in [4.69, 9.17) is 117 Å². The number of esters is 1. The number of imide groups is 1. The van der Waals surface area contributed by atoms with E-state index in [1.807, 2.05) is 0 Å². The van der Waals surface area contributed by atoms with Crippen molar-refractivity contribution in [3.8, 4) is 0 Å². The molecule has 6 atom stereocenters. The number of fused-ring (bicyclic) bond motifs is 5. The van der Waals surface area contributed by atoms with Gasteiger partial charge in [-0.15, -0.1) is 0 Å². The van der Waals surface area contributed by atoms with Gasteiger partial charge in [0.05, 0.1) is 322 Å². The monoisotopic (exact) mass is 1470 g/mol. The third-order valence-corrected chi connectivity index (χ3v) is 15.0. The van der Waals surface area contributed by atoms with Crippen molar-refractivity contribution in [2.75, 3.05) is 311 Å². The van der Waals surface area contributed by atoms with Crippen molar-refractivity contribution in [1.82, 2.24) is 20.9 Å². The Morgan fingerprint density at radius 3 is 1.00 bits per heavy atom. The maximum atomic E-state index is 12.7. The SMILES string of the molecule is COC(=O)CC(NC(=O)CNC(=O)C(N)CCCN=C(N)N)C(=O)NCCOCCOCCOCCOCCOCCOCCOCCOCCOCCOCCOCCOCCOCCOCCOCCOCCOCCOCCOCCOCCOCCN1C(=O)C2C3C=CC(C3)C2C1=O. The van der Waals surface area contributed by atoms with E-state index in [1.165, 1.54) is 4.90 Å². The molecule has 1 saturated heterocycles. The summed E-state index contributed by atoms with van der Waals surface area (Å²) in [6, 6.07) is -2.14. The number of nitrogens with zero attached hydrogens (tertiary/aromatic N) is 2. The first-order valence-corrected chi connectivity index (χ1v) is 35.4. The van der Waals surface area contributed by atoms with Crippen LogP contribution in [-0.2, 0) is 133 Å². The van der Waals surface area contributed by atoms with Gasteiger partial charge in [-0.1, -0.05) is 12.2 Å². The second-order valence-electron chi connectivity index (χ2n) is 22.7. The summed E-state index contributed by atoms with van der Waals surface area (Å²) in [4.78, 5) is 79.9. The number of nitrogens with one attached hydrogen (secondary N) is 3. The number of methoxy groups -OCH3 is 1. The molecule has 9 N–H and O–H groups in total. The Morgan fingerprint density at radius 2 is 0.716 bits per heavy atom. The molecule has 0 aromatic rings. The van der Waals surface area contributed by atoms with Crippen LogP contribution >= 0.6 is 0 Å². The highest BCUT2D eigenvalue weighted by Gasteiger charge is 2.59. The summed E-state index contributed by atoms with van der Waals surface area (Å²) in [5.74, 6) is -2.68. The molecule has 1 saturated carbocycles. The smallest absolute Gasteiger partial charge is 0.308 e. The summed E-state index contributed by atoms with van der Waals surface area (Å²) in [5.41, 5.74) is 16.4. The molecule has 2 fully saturated rings. The number of guanidine groups is 1. The summed E-state index contributed by atoms with van der Waals surface area (Å²) in [7, 11) is 1.16. The van der Waals surface area contributed by atoms with Crippen LogP contribution in [0.25, 0.3) is 0 Å². The first-order valence-electron chi connectivity index (χ1n) is 35.4. The largest absolute Gasteiger partial charge is 0.469 e. The fourth-order valence-electron chi connectivity index (χ4n) is 9.86. The number of nitrogens with two attached hydrogens (primary N) is 3. The van der Waals surface area contributed by atoms with Crippen LogP contribution in [0, 0.1) is 23.7 Å². The lowest BCUT2D eigenvalue weighted by Crippen LogP contribution is -2.52. The van der Waals surface area contributed by atoms with Gasteiger partial charge in [0.1, 0.15) is 6.04 Å². The highest BCUT2D eigenvalue weighted by Crippen LogP contribution is 2.52. The number of rotatable bonds is 77. The van der Waals surface area contributed by atoms with Crippen molar-refractivity contribution < 1.29 is 133 Å². The molecular formula is C66H120N8O28. The molecule has 36 heteroatoms. The average molecular weight is 1470 g/mol. The van der Waals surface area contributed by atoms with E-state index >= 15 is 0 Å². The standard InChI is InChI=1S/C66H120N8O28/c1-81-59(76)52-57(73-58(75)53-72-62(77)56(67)3-2-6-71-66(68)69)63(78)70-7-9-82-11-13-84-15-17-86-19-21-88-23-25-90-27-29-92-31-33-94-35-37-96-39-41-98-43-45-100-47-49-102-50-48-101-46-44-99-42-40-97-38-36-95-34-32-93-30-28-91-26-24-89-22-20-87-18-16-85-14-12-83-10-8-74-64(79)60-54-4-5-55(51-54)61(60)65(74)80/h4-5,54-57,60-61H,2-3,6-53,67H2,1H3,(H,70,78)(H,72,77)(H,73,75)(H4,68,69,71). The van der Waals surface area contributed by atoms with Crippen LogP contribution in [0.1, 0.15) is 25.7 Å². The third kappa shape index (κ3) is 49.0. The molecule has 1 heterocycles. The number of aliphatic imine (C=N–C) groups is 1. The number of carbonyl (C=O) groups excluding carboxylic acids is 6. The highest BCUT2D eigenvalue weighted by atomic mass is 16.6. The zero-order valence-corrected chi connectivity index (χ0v) is 60.0. The van der Waals surface area contributed by atoms with Crippen molar-refractivity contribution in [2.24, 2.45) is 45.9 Å². The first kappa shape index (κ1) is 91.4. The first-order chi connectivity index (χ1) is 50.0. The predicted molar refractivity (Wildman–Crippen MR) is 364 cm³/mol. The summed E-state index contributed by atoms with van der Waals surface area (Å²) in [6.45, 7) is 18.1. The molecule has 0 aromatic carbocycles.